The fraction of sp³-hybridized carbons (Fsp3) is 1.00. The van der Waals surface area contributed by atoms with Gasteiger partial charge in [-0.05, 0) is 53.4 Å². The molecule has 0 radical (unpaired) electrons. The summed E-state index contributed by atoms with van der Waals surface area (Å²) in [5.74, 6) is 0. The maximum atomic E-state index is 6.23. The quantitative estimate of drug-likeness (QED) is 0.729. The molecule has 2 aliphatic carbocycles. The van der Waals surface area contributed by atoms with Gasteiger partial charge in [-0.2, -0.15) is 0 Å². The van der Waals surface area contributed by atoms with Crippen molar-refractivity contribution in [2.45, 2.75) is 95.3 Å². The van der Waals surface area contributed by atoms with E-state index in [0.29, 0.717) is 6.10 Å². The second-order valence-electron chi connectivity index (χ2n) is 8.02. The molecule has 2 saturated carbocycles. The Morgan fingerprint density at radius 2 is 1.50 bits per heavy atom. The van der Waals surface area contributed by atoms with Crippen molar-refractivity contribution in [3.8, 4) is 0 Å². The van der Waals surface area contributed by atoms with Gasteiger partial charge in [0.25, 0.3) is 0 Å². The van der Waals surface area contributed by atoms with Crippen LogP contribution in [0.3, 0.4) is 0 Å². The van der Waals surface area contributed by atoms with Gasteiger partial charge in [0.15, 0.2) is 0 Å². The van der Waals surface area contributed by atoms with E-state index in [0.717, 1.165) is 6.61 Å². The molecule has 1 saturated heterocycles. The SMILES string of the molecule is CC1(C)OB(C2(COC3CCCCC3)CC2)OC1(C)C. The Hall–Kier alpha value is -0.0551. The lowest BCUT2D eigenvalue weighted by Gasteiger charge is -2.32. The molecule has 0 aromatic rings. The Bertz CT molecular complexity index is 341. The Balaban J connectivity index is 1.57. The lowest BCUT2D eigenvalue weighted by Crippen LogP contribution is -2.41. The zero-order chi connectivity index (χ0) is 14.4. The highest BCUT2D eigenvalue weighted by Crippen LogP contribution is 2.60. The van der Waals surface area contributed by atoms with Crippen LogP contribution in [0.2, 0.25) is 5.31 Å². The molecule has 20 heavy (non-hydrogen) atoms. The molecule has 4 heteroatoms. The predicted octanol–water partition coefficient (Wildman–Crippen LogP) is 3.96. The maximum absolute atomic E-state index is 6.23. The second kappa shape index (κ2) is 5.00. The van der Waals surface area contributed by atoms with Gasteiger partial charge in [0.2, 0.25) is 0 Å². The van der Waals surface area contributed by atoms with Crippen LogP contribution >= 0.6 is 0 Å². The standard InChI is InChI=1S/C16H29BO3/c1-14(2)15(3,4)20-17(19-14)16(10-11-16)12-18-13-8-6-5-7-9-13/h13H,5-12H2,1-4H3. The first-order valence-corrected chi connectivity index (χ1v) is 8.32. The average molecular weight is 280 g/mol. The van der Waals surface area contributed by atoms with Crippen molar-refractivity contribution >= 4 is 7.12 Å². The van der Waals surface area contributed by atoms with Gasteiger partial charge in [-0.3, -0.25) is 0 Å². The van der Waals surface area contributed by atoms with Crippen molar-refractivity contribution in [2.24, 2.45) is 0 Å². The Kier molecular flexibility index (Phi) is 3.71. The smallest absolute Gasteiger partial charge is 0.403 e. The number of ether oxygens (including phenoxy) is 1. The van der Waals surface area contributed by atoms with Crippen LogP contribution in [-0.4, -0.2) is 31.0 Å². The van der Waals surface area contributed by atoms with E-state index in [4.69, 9.17) is 14.0 Å². The van der Waals surface area contributed by atoms with Crippen LogP contribution in [0.15, 0.2) is 0 Å². The van der Waals surface area contributed by atoms with Crippen LogP contribution in [0.25, 0.3) is 0 Å². The summed E-state index contributed by atoms with van der Waals surface area (Å²) in [5.41, 5.74) is -0.448. The lowest BCUT2D eigenvalue weighted by molar-refractivity contribution is 0.00578. The molecule has 3 rings (SSSR count). The van der Waals surface area contributed by atoms with Gasteiger partial charge in [-0.15, -0.1) is 0 Å². The van der Waals surface area contributed by atoms with Crippen molar-refractivity contribution in [1.82, 2.24) is 0 Å². The van der Waals surface area contributed by atoms with Crippen molar-refractivity contribution in [3.63, 3.8) is 0 Å². The highest BCUT2D eigenvalue weighted by molar-refractivity contribution is 6.51. The maximum Gasteiger partial charge on any atom is 0.466 e. The summed E-state index contributed by atoms with van der Waals surface area (Å²) in [5, 5.41) is 0.127. The first-order chi connectivity index (χ1) is 9.35. The molecule has 0 amide bonds. The first kappa shape index (κ1) is 14.9. The minimum absolute atomic E-state index is 0.0870. The monoisotopic (exact) mass is 280 g/mol. The fourth-order valence-corrected chi connectivity index (χ4v) is 3.22. The lowest BCUT2D eigenvalue weighted by atomic mass is 9.68. The molecule has 0 atom stereocenters. The van der Waals surface area contributed by atoms with E-state index < -0.39 is 0 Å². The van der Waals surface area contributed by atoms with E-state index >= 15 is 0 Å². The van der Waals surface area contributed by atoms with Crippen LogP contribution in [0.4, 0.5) is 0 Å². The highest BCUT2D eigenvalue weighted by atomic mass is 16.7. The average Bonchev–Trinajstić information content (AvgIpc) is 3.13. The molecule has 1 heterocycles. The zero-order valence-electron chi connectivity index (χ0n) is 13.5. The fourth-order valence-electron chi connectivity index (χ4n) is 3.22. The van der Waals surface area contributed by atoms with E-state index in [1.54, 1.807) is 0 Å². The third kappa shape index (κ3) is 2.67. The molecule has 1 aliphatic heterocycles. The summed E-state index contributed by atoms with van der Waals surface area (Å²) >= 11 is 0. The molecule has 0 bridgehead atoms. The van der Waals surface area contributed by atoms with Crippen LogP contribution < -0.4 is 0 Å². The van der Waals surface area contributed by atoms with Gasteiger partial charge < -0.3 is 14.0 Å². The number of hydrogen-bond donors (Lipinski definition) is 0. The van der Waals surface area contributed by atoms with E-state index in [9.17, 15) is 0 Å². The van der Waals surface area contributed by atoms with E-state index in [1.807, 2.05) is 0 Å². The summed E-state index contributed by atoms with van der Waals surface area (Å²) in [4.78, 5) is 0. The Morgan fingerprint density at radius 3 is 2.00 bits per heavy atom. The normalized spacial score (nSPS) is 31.5. The molecule has 0 aromatic heterocycles. The van der Waals surface area contributed by atoms with Gasteiger partial charge in [-0.25, -0.2) is 0 Å². The third-order valence-corrected chi connectivity index (χ3v) is 5.80. The topological polar surface area (TPSA) is 27.7 Å². The largest absolute Gasteiger partial charge is 0.466 e. The molecule has 0 N–H and O–H groups in total. The first-order valence-electron chi connectivity index (χ1n) is 8.32. The minimum Gasteiger partial charge on any atom is -0.403 e. The summed E-state index contributed by atoms with van der Waals surface area (Å²) in [6, 6.07) is 0. The molecule has 3 nitrogen and oxygen atoms in total. The van der Waals surface area contributed by atoms with E-state index in [1.165, 1.54) is 44.9 Å². The molecule has 3 aliphatic rings. The molecule has 0 spiro atoms. The Morgan fingerprint density at radius 1 is 0.950 bits per heavy atom. The molecule has 3 fully saturated rings. The van der Waals surface area contributed by atoms with Gasteiger partial charge in [-0.1, -0.05) is 19.3 Å². The summed E-state index contributed by atoms with van der Waals surface area (Å²) in [7, 11) is -0.0870. The predicted molar refractivity (Wildman–Crippen MR) is 80.8 cm³/mol. The third-order valence-electron chi connectivity index (χ3n) is 5.80. The van der Waals surface area contributed by atoms with Crippen LogP contribution in [-0.2, 0) is 14.0 Å². The van der Waals surface area contributed by atoms with Crippen LogP contribution in [0.5, 0.6) is 0 Å². The van der Waals surface area contributed by atoms with Crippen molar-refractivity contribution in [1.29, 1.82) is 0 Å². The molecule has 0 aromatic carbocycles. The van der Waals surface area contributed by atoms with Crippen molar-refractivity contribution in [2.75, 3.05) is 6.61 Å². The van der Waals surface area contributed by atoms with Crippen molar-refractivity contribution in [3.05, 3.63) is 0 Å². The number of rotatable bonds is 4. The Labute approximate surface area is 123 Å². The van der Waals surface area contributed by atoms with Gasteiger partial charge in [0.05, 0.1) is 23.9 Å². The van der Waals surface area contributed by atoms with Gasteiger partial charge in [0, 0.05) is 5.31 Å². The highest BCUT2D eigenvalue weighted by Gasteiger charge is 2.64. The van der Waals surface area contributed by atoms with Crippen LogP contribution in [0.1, 0.15) is 72.6 Å². The van der Waals surface area contributed by atoms with Crippen LogP contribution in [0, 0.1) is 0 Å². The molecule has 114 valence electrons. The second-order valence-corrected chi connectivity index (χ2v) is 8.02. The molecule has 0 unspecified atom stereocenters. The zero-order valence-corrected chi connectivity index (χ0v) is 13.5. The van der Waals surface area contributed by atoms with Crippen molar-refractivity contribution < 1.29 is 14.0 Å². The number of hydrogen-bond acceptors (Lipinski definition) is 3. The summed E-state index contributed by atoms with van der Waals surface area (Å²) < 4.78 is 18.7. The van der Waals surface area contributed by atoms with E-state index in [2.05, 4.69) is 27.7 Å². The van der Waals surface area contributed by atoms with Gasteiger partial charge in [0.1, 0.15) is 0 Å². The summed E-state index contributed by atoms with van der Waals surface area (Å²) in [6.45, 7) is 9.33. The minimum atomic E-state index is -0.224. The summed E-state index contributed by atoms with van der Waals surface area (Å²) in [6.07, 6.45) is 9.33. The molecular weight excluding hydrogens is 251 g/mol. The molecular formula is C16H29BO3. The van der Waals surface area contributed by atoms with E-state index in [-0.39, 0.29) is 23.6 Å². The van der Waals surface area contributed by atoms with Gasteiger partial charge >= 0.3 is 7.12 Å².